The largest absolute Gasteiger partial charge is 0.504 e. The summed E-state index contributed by atoms with van der Waals surface area (Å²) < 4.78 is 11.9. The Morgan fingerprint density at radius 1 is 0.936 bits per heavy atom. The van der Waals surface area contributed by atoms with Gasteiger partial charge >= 0.3 is 11.9 Å². The number of carbonyl (C=O) groups is 2. The maximum Gasteiger partial charge on any atom is 0.330 e. The molecule has 1 aromatic rings. The van der Waals surface area contributed by atoms with Crippen LogP contribution in [0.25, 0.3) is 6.08 Å². The summed E-state index contributed by atoms with van der Waals surface area (Å²) in [5, 5.41) is 30.7. The highest BCUT2D eigenvalue weighted by molar-refractivity contribution is 5.87. The summed E-state index contributed by atoms with van der Waals surface area (Å²) in [5.41, 5.74) is 0.599. The van der Waals surface area contributed by atoms with Gasteiger partial charge in [-0.2, -0.15) is 0 Å². The van der Waals surface area contributed by atoms with Crippen molar-refractivity contribution in [2.24, 2.45) is 56.7 Å². The highest BCUT2D eigenvalue weighted by atomic mass is 16.5. The molecule has 5 aliphatic rings. The van der Waals surface area contributed by atoms with Crippen LogP contribution in [0.15, 0.2) is 36.4 Å². The van der Waals surface area contributed by atoms with E-state index in [4.69, 9.17) is 9.47 Å². The average Bonchev–Trinajstić information content (AvgIpc) is 3.43. The van der Waals surface area contributed by atoms with Gasteiger partial charge in [0.2, 0.25) is 0 Å². The van der Waals surface area contributed by atoms with Gasteiger partial charge in [-0.15, -0.1) is 0 Å². The predicted octanol–water partition coefficient (Wildman–Crippen LogP) is 7.83. The van der Waals surface area contributed by atoms with Gasteiger partial charge in [0.15, 0.2) is 11.5 Å². The van der Waals surface area contributed by atoms with Crippen molar-refractivity contribution in [2.45, 2.75) is 105 Å². The zero-order valence-corrected chi connectivity index (χ0v) is 29.3. The van der Waals surface area contributed by atoms with E-state index in [1.54, 1.807) is 12.1 Å². The van der Waals surface area contributed by atoms with Gasteiger partial charge in [0.1, 0.15) is 0 Å². The molecule has 0 saturated heterocycles. The molecule has 5 saturated carbocycles. The molecular weight excluding hydrogens is 592 g/mol. The Bertz CT molecular complexity index is 1460. The summed E-state index contributed by atoms with van der Waals surface area (Å²) in [6, 6.07) is 4.44. The molecule has 3 N–H and O–H groups in total. The van der Waals surface area contributed by atoms with Gasteiger partial charge in [-0.25, -0.2) is 4.79 Å². The van der Waals surface area contributed by atoms with Crippen LogP contribution >= 0.6 is 0 Å². The van der Waals surface area contributed by atoms with Gasteiger partial charge in [0.25, 0.3) is 0 Å². The molecule has 6 rings (SSSR count). The fourth-order valence-corrected chi connectivity index (χ4v) is 12.9. The first-order valence-electron chi connectivity index (χ1n) is 17.9. The van der Waals surface area contributed by atoms with Gasteiger partial charge in [-0.05, 0) is 141 Å². The van der Waals surface area contributed by atoms with Crippen LogP contribution in [0.1, 0.15) is 104 Å². The molecule has 10 atom stereocenters. The molecule has 0 amide bonds. The second-order valence-corrected chi connectivity index (χ2v) is 17.1. The number of fused-ring (bicyclic) bond motifs is 7. The lowest BCUT2D eigenvalue weighted by molar-refractivity contribution is -0.263. The van der Waals surface area contributed by atoms with Crippen LogP contribution in [-0.4, -0.2) is 47.1 Å². The minimum Gasteiger partial charge on any atom is -0.504 e. The number of phenolic OH excluding ortho intramolecular Hbond substituents is 2. The van der Waals surface area contributed by atoms with Crippen LogP contribution in [0.2, 0.25) is 0 Å². The molecule has 0 heterocycles. The maximum atomic E-state index is 13.7. The number of hydrogen-bond donors (Lipinski definition) is 3. The second kappa shape index (κ2) is 11.7. The smallest absolute Gasteiger partial charge is 0.330 e. The summed E-state index contributed by atoms with van der Waals surface area (Å²) in [6.45, 7) is 16.3. The van der Waals surface area contributed by atoms with Crippen molar-refractivity contribution in [1.82, 2.24) is 0 Å². The zero-order valence-electron chi connectivity index (χ0n) is 29.3. The lowest BCUT2D eigenvalue weighted by Crippen LogP contribution is -2.69. The Hall–Kier alpha value is -2.80. The number of phenols is 2. The van der Waals surface area contributed by atoms with Crippen molar-refractivity contribution in [2.75, 3.05) is 13.7 Å². The lowest BCUT2D eigenvalue weighted by Gasteiger charge is -2.73. The van der Waals surface area contributed by atoms with Gasteiger partial charge in [-0.3, -0.25) is 4.79 Å². The van der Waals surface area contributed by atoms with Gasteiger partial charge in [0.05, 0.1) is 25.2 Å². The number of hydrogen-bond acceptors (Lipinski definition) is 7. The van der Waals surface area contributed by atoms with E-state index in [0.717, 1.165) is 69.8 Å². The van der Waals surface area contributed by atoms with Crippen LogP contribution in [0.3, 0.4) is 0 Å². The summed E-state index contributed by atoms with van der Waals surface area (Å²) in [6.07, 6.45) is 11.8. The van der Waals surface area contributed by atoms with Crippen molar-refractivity contribution in [3.8, 4) is 11.5 Å². The molecule has 0 aromatic heterocycles. The molecule has 0 bridgehead atoms. The van der Waals surface area contributed by atoms with Crippen LogP contribution in [0, 0.1) is 56.7 Å². The highest BCUT2D eigenvalue weighted by Crippen LogP contribution is 2.77. The molecule has 5 aliphatic carbocycles. The first kappa shape index (κ1) is 34.1. The van der Waals surface area contributed by atoms with Gasteiger partial charge in [0, 0.05) is 11.5 Å². The normalized spacial score (nSPS) is 42.0. The third kappa shape index (κ3) is 4.91. The number of methoxy groups -OCH3 is 1. The summed E-state index contributed by atoms with van der Waals surface area (Å²) in [7, 11) is 1.52. The number of carbonyl (C=O) groups excluding carboxylic acids is 2. The Kier molecular flexibility index (Phi) is 8.46. The minimum atomic E-state index is -0.543. The Morgan fingerprint density at radius 3 is 2.36 bits per heavy atom. The second-order valence-electron chi connectivity index (χ2n) is 17.1. The van der Waals surface area contributed by atoms with Gasteiger partial charge in [-0.1, -0.05) is 45.9 Å². The molecule has 1 aromatic carbocycles. The van der Waals surface area contributed by atoms with E-state index >= 15 is 0 Å². The van der Waals surface area contributed by atoms with E-state index in [9.17, 15) is 24.9 Å². The predicted molar refractivity (Wildman–Crippen MR) is 181 cm³/mol. The topological polar surface area (TPSA) is 113 Å². The van der Waals surface area contributed by atoms with Crippen LogP contribution < -0.4 is 0 Å². The van der Waals surface area contributed by atoms with Crippen LogP contribution in [0.4, 0.5) is 0 Å². The van der Waals surface area contributed by atoms with E-state index in [2.05, 4.69) is 41.2 Å². The molecule has 7 heteroatoms. The maximum absolute atomic E-state index is 13.7. The Morgan fingerprint density at radius 2 is 1.68 bits per heavy atom. The van der Waals surface area contributed by atoms with Crippen molar-refractivity contribution < 1.29 is 34.4 Å². The zero-order chi connectivity index (χ0) is 34.2. The van der Waals surface area contributed by atoms with Crippen LogP contribution in [-0.2, 0) is 19.1 Å². The monoisotopic (exact) mass is 648 g/mol. The highest BCUT2D eigenvalue weighted by Gasteiger charge is 2.73. The molecule has 258 valence electrons. The first-order valence-corrected chi connectivity index (χ1v) is 17.9. The number of allylic oxidation sites excluding steroid dienone is 1. The fraction of sp³-hybridized carbons (Fsp3) is 0.700. The van der Waals surface area contributed by atoms with Crippen molar-refractivity contribution >= 4 is 18.0 Å². The van der Waals surface area contributed by atoms with E-state index in [1.807, 2.05) is 0 Å². The molecule has 47 heavy (non-hydrogen) atoms. The molecule has 0 spiro atoms. The molecule has 0 radical (unpaired) electrons. The standard InChI is InChI=1S/C40H56O7/c1-24(2)26-14-19-39(35(45)46-7)20-21-40(23-47-33(44)13-9-25-8-11-28(41)29(42)22-25)27(34(26)39)10-12-31-37(5)17-16-32(43)36(3,4)30(37)15-18-38(31,40)6/h8-9,11,13,22,26-27,30-32,34,41-43H,1,10,12,14-21,23H2,2-7H3/b13-9+/t26-,27+,30-,31+,32-,34?,37-,38+,39-,40-/m0/s1. The third-order valence-electron chi connectivity index (χ3n) is 15.2. The third-order valence-corrected chi connectivity index (χ3v) is 15.2. The Labute approximate surface area is 280 Å². The summed E-state index contributed by atoms with van der Waals surface area (Å²) >= 11 is 0. The number of ether oxygens (including phenoxy) is 2. The number of aliphatic hydroxyl groups excluding tert-OH is 1. The van der Waals surface area contributed by atoms with E-state index in [-0.39, 0.29) is 69.6 Å². The summed E-state index contributed by atoms with van der Waals surface area (Å²) in [4.78, 5) is 27.2. The SMILES string of the molecule is C=C(C)[C@@H]1CC[C@]2(C(=O)OC)CC[C@]3(COC(=O)/C=C/c4ccc(O)c(O)c4)[C@H](CC[C@@H]4[C@@]5(C)CC[C@H](O)C(C)(C)[C@@H]5CC[C@]43C)C12. The molecule has 1 unspecified atom stereocenters. The number of benzene rings is 1. The van der Waals surface area contributed by atoms with Gasteiger partial charge < -0.3 is 24.8 Å². The van der Waals surface area contributed by atoms with E-state index in [0.29, 0.717) is 17.4 Å². The quantitative estimate of drug-likeness (QED) is 0.125. The molecule has 0 aliphatic heterocycles. The summed E-state index contributed by atoms with van der Waals surface area (Å²) in [5.74, 6) is 0.297. The molecule has 5 fully saturated rings. The number of rotatable bonds is 6. The fourth-order valence-electron chi connectivity index (χ4n) is 12.9. The van der Waals surface area contributed by atoms with Crippen molar-refractivity contribution in [3.63, 3.8) is 0 Å². The average molecular weight is 649 g/mol. The Balaban J connectivity index is 1.40. The minimum absolute atomic E-state index is 0.0544. The number of aliphatic hydroxyl groups is 1. The van der Waals surface area contributed by atoms with Crippen molar-refractivity contribution in [3.05, 3.63) is 42.0 Å². The van der Waals surface area contributed by atoms with E-state index < -0.39 is 11.4 Å². The number of aromatic hydroxyl groups is 2. The van der Waals surface area contributed by atoms with E-state index in [1.165, 1.54) is 25.3 Å². The van der Waals surface area contributed by atoms with Crippen molar-refractivity contribution in [1.29, 1.82) is 0 Å². The molecular formula is C40H56O7. The number of esters is 2. The lowest BCUT2D eigenvalue weighted by atomic mass is 9.32. The molecule has 7 nitrogen and oxygen atoms in total. The van der Waals surface area contributed by atoms with Crippen LogP contribution in [0.5, 0.6) is 11.5 Å². The first-order chi connectivity index (χ1) is 22.1.